The van der Waals surface area contributed by atoms with Gasteiger partial charge in [0, 0.05) is 12.1 Å². The fourth-order valence-electron chi connectivity index (χ4n) is 2.13. The quantitative estimate of drug-likeness (QED) is 0.876. The number of ether oxygens (including phenoxy) is 1. The van der Waals surface area contributed by atoms with Gasteiger partial charge in [-0.1, -0.05) is 31.2 Å². The van der Waals surface area contributed by atoms with Gasteiger partial charge in [0.2, 0.25) is 0 Å². The van der Waals surface area contributed by atoms with Crippen molar-refractivity contribution in [3.05, 3.63) is 65.2 Å². The summed E-state index contributed by atoms with van der Waals surface area (Å²) >= 11 is 0. The Morgan fingerprint density at radius 1 is 1.00 bits per heavy atom. The minimum Gasteiger partial charge on any atom is -0.491 e. The van der Waals surface area contributed by atoms with Gasteiger partial charge >= 0.3 is 0 Å². The highest BCUT2D eigenvalue weighted by Gasteiger charge is 2.06. The molecule has 0 aliphatic heterocycles. The summed E-state index contributed by atoms with van der Waals surface area (Å²) in [7, 11) is 0. The highest BCUT2D eigenvalue weighted by Crippen LogP contribution is 2.14. The lowest BCUT2D eigenvalue weighted by atomic mass is 10.1. The molecule has 3 nitrogen and oxygen atoms in total. The third-order valence-electron chi connectivity index (χ3n) is 3.37. The summed E-state index contributed by atoms with van der Waals surface area (Å²) in [6, 6.07) is 15.5. The van der Waals surface area contributed by atoms with Crippen LogP contribution < -0.4 is 10.1 Å². The zero-order valence-electron chi connectivity index (χ0n) is 13.4. The summed E-state index contributed by atoms with van der Waals surface area (Å²) in [5.74, 6) is 0.706. The second-order valence-electron chi connectivity index (χ2n) is 5.54. The first kappa shape index (κ1) is 16.1. The van der Waals surface area contributed by atoms with E-state index in [9.17, 15) is 4.79 Å². The molecule has 3 heteroatoms. The van der Waals surface area contributed by atoms with Gasteiger partial charge in [-0.25, -0.2) is 0 Å². The molecule has 0 heterocycles. The molecule has 0 aliphatic rings. The summed E-state index contributed by atoms with van der Waals surface area (Å²) in [6.45, 7) is 6.62. The smallest absolute Gasteiger partial charge is 0.251 e. The number of aryl methyl sites for hydroxylation is 1. The van der Waals surface area contributed by atoms with Gasteiger partial charge in [-0.2, -0.15) is 0 Å². The van der Waals surface area contributed by atoms with Crippen molar-refractivity contribution in [3.63, 3.8) is 0 Å². The van der Waals surface area contributed by atoms with Gasteiger partial charge in [-0.3, -0.25) is 4.79 Å². The van der Waals surface area contributed by atoms with Crippen LogP contribution in [-0.2, 0) is 13.0 Å². The minimum absolute atomic E-state index is 0.0735. The van der Waals surface area contributed by atoms with Crippen molar-refractivity contribution < 1.29 is 9.53 Å². The molecular formula is C19H23NO2. The van der Waals surface area contributed by atoms with Crippen LogP contribution in [0.2, 0.25) is 0 Å². The van der Waals surface area contributed by atoms with E-state index in [1.165, 1.54) is 5.56 Å². The molecule has 0 aliphatic carbocycles. The first-order chi connectivity index (χ1) is 10.6. The Hall–Kier alpha value is -2.29. The van der Waals surface area contributed by atoms with Gasteiger partial charge in [0.25, 0.3) is 5.91 Å². The molecule has 0 atom stereocenters. The molecule has 0 fully saturated rings. The molecule has 22 heavy (non-hydrogen) atoms. The molecule has 0 aromatic heterocycles. The van der Waals surface area contributed by atoms with E-state index in [0.29, 0.717) is 12.1 Å². The molecule has 0 saturated heterocycles. The molecule has 0 spiro atoms. The topological polar surface area (TPSA) is 38.3 Å². The van der Waals surface area contributed by atoms with Crippen LogP contribution >= 0.6 is 0 Å². The van der Waals surface area contributed by atoms with E-state index in [-0.39, 0.29) is 12.0 Å². The van der Waals surface area contributed by atoms with Crippen molar-refractivity contribution in [2.75, 3.05) is 0 Å². The van der Waals surface area contributed by atoms with E-state index in [1.807, 2.05) is 26.0 Å². The summed E-state index contributed by atoms with van der Waals surface area (Å²) in [5, 5.41) is 2.93. The molecule has 0 radical (unpaired) electrons. The van der Waals surface area contributed by atoms with Crippen LogP contribution in [0.25, 0.3) is 0 Å². The average Bonchev–Trinajstić information content (AvgIpc) is 2.53. The SMILES string of the molecule is CCc1ccc(CNC(=O)c2ccc(OC(C)C)cc2)cc1. The average molecular weight is 297 g/mol. The predicted octanol–water partition coefficient (Wildman–Crippen LogP) is 3.97. The number of nitrogens with one attached hydrogen (secondary N) is 1. The maximum atomic E-state index is 12.1. The molecule has 2 aromatic carbocycles. The van der Waals surface area contributed by atoms with Gasteiger partial charge in [0.05, 0.1) is 6.10 Å². The standard InChI is InChI=1S/C19H23NO2/c1-4-15-5-7-16(8-6-15)13-20-19(21)17-9-11-18(12-10-17)22-14(2)3/h5-12,14H,4,13H2,1-3H3,(H,20,21). The van der Waals surface area contributed by atoms with Crippen molar-refractivity contribution >= 4 is 5.91 Å². The third-order valence-corrected chi connectivity index (χ3v) is 3.37. The van der Waals surface area contributed by atoms with Crippen molar-refractivity contribution in [3.8, 4) is 5.75 Å². The lowest BCUT2D eigenvalue weighted by Crippen LogP contribution is -2.22. The highest BCUT2D eigenvalue weighted by molar-refractivity contribution is 5.94. The lowest BCUT2D eigenvalue weighted by Gasteiger charge is -2.10. The molecule has 2 aromatic rings. The first-order valence-electron chi connectivity index (χ1n) is 7.71. The molecular weight excluding hydrogens is 274 g/mol. The molecule has 2 rings (SSSR count). The zero-order chi connectivity index (χ0) is 15.9. The number of carbonyl (C=O) groups excluding carboxylic acids is 1. The fourth-order valence-corrected chi connectivity index (χ4v) is 2.13. The number of rotatable bonds is 6. The summed E-state index contributed by atoms with van der Waals surface area (Å²) in [5.41, 5.74) is 3.04. The summed E-state index contributed by atoms with van der Waals surface area (Å²) < 4.78 is 5.57. The van der Waals surface area contributed by atoms with E-state index in [0.717, 1.165) is 17.7 Å². The van der Waals surface area contributed by atoms with E-state index in [1.54, 1.807) is 12.1 Å². The number of amides is 1. The Kier molecular flexibility index (Phi) is 5.59. The largest absolute Gasteiger partial charge is 0.491 e. The van der Waals surface area contributed by atoms with Crippen LogP contribution in [-0.4, -0.2) is 12.0 Å². The number of hydrogen-bond donors (Lipinski definition) is 1. The molecule has 1 N–H and O–H groups in total. The lowest BCUT2D eigenvalue weighted by molar-refractivity contribution is 0.0951. The monoisotopic (exact) mass is 297 g/mol. The minimum atomic E-state index is -0.0735. The molecule has 0 unspecified atom stereocenters. The van der Waals surface area contributed by atoms with E-state index < -0.39 is 0 Å². The predicted molar refractivity (Wildman–Crippen MR) is 89.2 cm³/mol. The first-order valence-corrected chi connectivity index (χ1v) is 7.71. The van der Waals surface area contributed by atoms with Gasteiger partial charge in [-0.15, -0.1) is 0 Å². The van der Waals surface area contributed by atoms with Crippen LogP contribution in [0, 0.1) is 0 Å². The second-order valence-corrected chi connectivity index (χ2v) is 5.54. The van der Waals surface area contributed by atoms with Crippen molar-refractivity contribution in [2.45, 2.75) is 39.8 Å². The summed E-state index contributed by atoms with van der Waals surface area (Å²) in [6.07, 6.45) is 1.16. The van der Waals surface area contributed by atoms with Gasteiger partial charge in [0.15, 0.2) is 0 Å². The Bertz CT molecular complexity index is 600. The van der Waals surface area contributed by atoms with Gasteiger partial charge < -0.3 is 10.1 Å². The maximum Gasteiger partial charge on any atom is 0.251 e. The van der Waals surface area contributed by atoms with E-state index >= 15 is 0 Å². The van der Waals surface area contributed by atoms with Crippen molar-refractivity contribution in [1.82, 2.24) is 5.32 Å². The Balaban J connectivity index is 1.91. The molecule has 1 amide bonds. The number of hydrogen-bond acceptors (Lipinski definition) is 2. The van der Waals surface area contributed by atoms with Crippen LogP contribution in [0.5, 0.6) is 5.75 Å². The Morgan fingerprint density at radius 2 is 1.59 bits per heavy atom. The van der Waals surface area contributed by atoms with Gasteiger partial charge in [0.1, 0.15) is 5.75 Å². The normalized spacial score (nSPS) is 10.5. The van der Waals surface area contributed by atoms with Gasteiger partial charge in [-0.05, 0) is 55.7 Å². The van der Waals surface area contributed by atoms with E-state index in [2.05, 4.69) is 36.5 Å². The Labute approximate surface area is 132 Å². The van der Waals surface area contributed by atoms with Crippen molar-refractivity contribution in [2.24, 2.45) is 0 Å². The molecule has 116 valence electrons. The Morgan fingerprint density at radius 3 is 2.14 bits per heavy atom. The van der Waals surface area contributed by atoms with Crippen LogP contribution in [0.15, 0.2) is 48.5 Å². The summed E-state index contributed by atoms with van der Waals surface area (Å²) in [4.78, 5) is 12.1. The number of benzene rings is 2. The second kappa shape index (κ2) is 7.64. The van der Waals surface area contributed by atoms with E-state index in [4.69, 9.17) is 4.74 Å². The molecule has 0 saturated carbocycles. The molecule has 0 bridgehead atoms. The van der Waals surface area contributed by atoms with Crippen molar-refractivity contribution in [1.29, 1.82) is 0 Å². The zero-order valence-corrected chi connectivity index (χ0v) is 13.4. The fraction of sp³-hybridized carbons (Fsp3) is 0.316. The van der Waals surface area contributed by atoms with Crippen LogP contribution in [0.4, 0.5) is 0 Å². The van der Waals surface area contributed by atoms with Crippen LogP contribution in [0.1, 0.15) is 42.3 Å². The third kappa shape index (κ3) is 4.62. The maximum absolute atomic E-state index is 12.1. The van der Waals surface area contributed by atoms with Crippen LogP contribution in [0.3, 0.4) is 0 Å². The highest BCUT2D eigenvalue weighted by atomic mass is 16.5. The number of carbonyl (C=O) groups is 1.